The summed E-state index contributed by atoms with van der Waals surface area (Å²) in [4.78, 5) is 25.1. The van der Waals surface area contributed by atoms with Crippen LogP contribution in [0.1, 0.15) is 78.0 Å². The van der Waals surface area contributed by atoms with Crippen molar-refractivity contribution in [3.05, 3.63) is 64.2 Å². The van der Waals surface area contributed by atoms with E-state index in [1.807, 2.05) is 26.0 Å². The number of hydrogen-bond acceptors (Lipinski definition) is 12. The highest BCUT2D eigenvalue weighted by Gasteiger charge is 2.49. The number of benzene rings is 1. The second-order valence-electron chi connectivity index (χ2n) is 14.3. The Morgan fingerprint density at radius 2 is 2.06 bits per heavy atom. The molecule has 4 aliphatic rings. The van der Waals surface area contributed by atoms with Crippen molar-refractivity contribution in [3.8, 4) is 29.3 Å². The van der Waals surface area contributed by atoms with Gasteiger partial charge in [0, 0.05) is 37.2 Å². The highest BCUT2D eigenvalue weighted by Crippen LogP contribution is 2.54. The largest absolute Gasteiger partial charge is 0.473 e. The Labute approximate surface area is 289 Å². The molecule has 14 heteroatoms. The maximum atomic E-state index is 13.1. The number of nitrogens with zero attached hydrogens (tertiary/aromatic N) is 7. The molecule has 260 valence electrons. The molecule has 50 heavy (non-hydrogen) atoms. The predicted octanol–water partition coefficient (Wildman–Crippen LogP) is 3.34. The van der Waals surface area contributed by atoms with Crippen molar-refractivity contribution in [2.45, 2.75) is 81.6 Å². The molecule has 5 heterocycles. The van der Waals surface area contributed by atoms with Crippen LogP contribution in [0.15, 0.2) is 35.0 Å². The van der Waals surface area contributed by atoms with Crippen LogP contribution in [-0.2, 0) is 27.7 Å². The molecule has 2 aliphatic carbocycles. The Hall–Kier alpha value is -4.84. The molecule has 2 fully saturated rings. The number of nitrogens with one attached hydrogen (secondary N) is 1. The Kier molecular flexibility index (Phi) is 7.89. The third kappa shape index (κ3) is 5.23. The lowest BCUT2D eigenvalue weighted by molar-refractivity contribution is -0.0594. The lowest BCUT2D eigenvalue weighted by atomic mass is 9.68. The van der Waals surface area contributed by atoms with Crippen LogP contribution in [0.25, 0.3) is 17.3 Å². The highest BCUT2D eigenvalue weighted by molar-refractivity contribution is 5.92. The number of nitrogens with two attached hydrogens (primary N) is 1. The summed E-state index contributed by atoms with van der Waals surface area (Å²) in [5, 5.41) is 22.3. The van der Waals surface area contributed by atoms with Gasteiger partial charge in [-0.2, -0.15) is 15.3 Å². The average molecular weight is 680 g/mol. The van der Waals surface area contributed by atoms with E-state index < -0.39 is 11.0 Å². The Morgan fingerprint density at radius 1 is 1.22 bits per heavy atom. The SMILES string of the molecule is CO[C@H]1CCN(C)[C@@H]1[C@H](C)Oc1cc(-n2ccc(C(=O)NC3(C)COC3)n2)nc(-c2noc3c2CCC[C@@]32CCc3ccc(N)c(C#N)c32)n1. The van der Waals surface area contributed by atoms with Crippen LogP contribution < -0.4 is 15.8 Å². The normalized spacial score (nSPS) is 24.3. The number of ether oxygens (including phenoxy) is 3. The molecule has 0 unspecified atom stereocenters. The molecule has 1 spiro atoms. The van der Waals surface area contributed by atoms with Crippen LogP contribution in [0.2, 0.25) is 0 Å². The first kappa shape index (κ1) is 32.4. The highest BCUT2D eigenvalue weighted by atomic mass is 16.5. The van der Waals surface area contributed by atoms with Crippen molar-refractivity contribution in [3.63, 3.8) is 0 Å². The van der Waals surface area contributed by atoms with Crippen LogP contribution >= 0.6 is 0 Å². The van der Waals surface area contributed by atoms with Gasteiger partial charge in [-0.05, 0) is 82.7 Å². The second-order valence-corrected chi connectivity index (χ2v) is 14.3. The second kappa shape index (κ2) is 12.2. The van der Waals surface area contributed by atoms with E-state index in [1.165, 1.54) is 0 Å². The van der Waals surface area contributed by atoms with Gasteiger partial charge in [0.1, 0.15) is 12.2 Å². The summed E-state index contributed by atoms with van der Waals surface area (Å²) in [6, 6.07) is 9.59. The predicted molar refractivity (Wildman–Crippen MR) is 181 cm³/mol. The van der Waals surface area contributed by atoms with Crippen molar-refractivity contribution in [2.75, 3.05) is 39.6 Å². The molecule has 2 aliphatic heterocycles. The molecule has 3 aromatic heterocycles. The Balaban J connectivity index is 1.19. The van der Waals surface area contributed by atoms with E-state index >= 15 is 0 Å². The fourth-order valence-corrected chi connectivity index (χ4v) is 8.46. The van der Waals surface area contributed by atoms with Crippen molar-refractivity contribution in [1.29, 1.82) is 5.26 Å². The van der Waals surface area contributed by atoms with E-state index in [1.54, 1.807) is 30.1 Å². The van der Waals surface area contributed by atoms with Gasteiger partial charge in [-0.15, -0.1) is 0 Å². The molecule has 8 rings (SSSR count). The zero-order valence-corrected chi connectivity index (χ0v) is 28.7. The minimum Gasteiger partial charge on any atom is -0.473 e. The monoisotopic (exact) mass is 679 g/mol. The summed E-state index contributed by atoms with van der Waals surface area (Å²) >= 11 is 0. The van der Waals surface area contributed by atoms with E-state index in [0.29, 0.717) is 54.1 Å². The lowest BCUT2D eigenvalue weighted by Crippen LogP contribution is -2.59. The van der Waals surface area contributed by atoms with Crippen LogP contribution in [0.3, 0.4) is 0 Å². The Bertz CT molecular complexity index is 2010. The van der Waals surface area contributed by atoms with E-state index in [2.05, 4.69) is 33.6 Å². The van der Waals surface area contributed by atoms with Crippen LogP contribution in [0.4, 0.5) is 5.69 Å². The number of amides is 1. The van der Waals surface area contributed by atoms with Crippen molar-refractivity contribution in [1.82, 2.24) is 35.1 Å². The summed E-state index contributed by atoms with van der Waals surface area (Å²) in [5.41, 5.74) is 10.1. The van der Waals surface area contributed by atoms with Crippen LogP contribution in [0, 0.1) is 11.3 Å². The van der Waals surface area contributed by atoms with E-state index in [9.17, 15) is 10.1 Å². The van der Waals surface area contributed by atoms with Gasteiger partial charge < -0.3 is 29.8 Å². The van der Waals surface area contributed by atoms with E-state index in [-0.39, 0.29) is 29.9 Å². The number of aryl methyl sites for hydroxylation is 1. The van der Waals surface area contributed by atoms with Gasteiger partial charge in [0.2, 0.25) is 5.88 Å². The molecular weight excluding hydrogens is 638 g/mol. The minimum atomic E-state index is -0.505. The molecule has 4 aromatic rings. The number of anilines is 1. The van der Waals surface area contributed by atoms with Gasteiger partial charge in [-0.3, -0.25) is 9.69 Å². The molecule has 14 nitrogen and oxygen atoms in total. The third-order valence-corrected chi connectivity index (χ3v) is 10.9. The zero-order chi connectivity index (χ0) is 34.8. The van der Waals surface area contributed by atoms with E-state index in [0.717, 1.165) is 61.1 Å². The standard InChI is InChI=1S/C36H41N9O5/c1-20(31-26(47-4)11-14-44(31)3)49-28-16-27(45-15-10-25(42-45)34(46)41-35(2)18-48-19-35)39-33(40-28)30-22-6-5-12-36(32(22)50-43-30)13-9-21-7-8-24(38)23(17-37)29(21)36/h7-8,10,15-16,20,26,31H,5-6,9,11-14,18-19,38H2,1-4H3,(H,41,46)/t20-,26-,31+,36-/m0/s1. The molecule has 2 saturated heterocycles. The number of likely N-dealkylation sites (N-methyl/N-ethyl adjacent to an activating group) is 1. The zero-order valence-electron chi connectivity index (χ0n) is 28.7. The van der Waals surface area contributed by atoms with Crippen molar-refractivity contribution in [2.24, 2.45) is 0 Å². The quantitative estimate of drug-likeness (QED) is 0.260. The van der Waals surface area contributed by atoms with Crippen LogP contribution in [0.5, 0.6) is 5.88 Å². The maximum Gasteiger partial charge on any atom is 0.272 e. The molecule has 0 bridgehead atoms. The number of nitriles is 1. The minimum absolute atomic E-state index is 0.0163. The Morgan fingerprint density at radius 3 is 2.82 bits per heavy atom. The third-order valence-electron chi connectivity index (χ3n) is 10.9. The number of fused-ring (bicyclic) bond motifs is 4. The number of hydrogen-bond donors (Lipinski definition) is 2. The fourth-order valence-electron chi connectivity index (χ4n) is 8.46. The van der Waals surface area contributed by atoms with Gasteiger partial charge >= 0.3 is 0 Å². The van der Waals surface area contributed by atoms with Gasteiger partial charge in [-0.25, -0.2) is 9.67 Å². The summed E-state index contributed by atoms with van der Waals surface area (Å²) in [7, 11) is 3.79. The first-order valence-corrected chi connectivity index (χ1v) is 17.2. The number of methoxy groups -OCH3 is 1. The number of likely N-dealkylation sites (tertiary alicyclic amines) is 1. The number of nitrogen functional groups attached to an aromatic ring is 1. The van der Waals surface area contributed by atoms with Gasteiger partial charge in [0.15, 0.2) is 28.8 Å². The van der Waals surface area contributed by atoms with E-state index in [4.69, 9.17) is 34.4 Å². The van der Waals surface area contributed by atoms with Crippen LogP contribution in [-0.4, -0.2) is 93.4 Å². The lowest BCUT2D eigenvalue weighted by Gasteiger charge is -2.38. The fraction of sp³-hybridized carbons (Fsp3) is 0.500. The molecule has 1 aromatic carbocycles. The average Bonchev–Trinajstić information content (AvgIpc) is 3.90. The van der Waals surface area contributed by atoms with Crippen molar-refractivity contribution >= 4 is 11.6 Å². The summed E-state index contributed by atoms with van der Waals surface area (Å²) < 4.78 is 25.4. The smallest absolute Gasteiger partial charge is 0.272 e. The van der Waals surface area contributed by atoms with Gasteiger partial charge in [-0.1, -0.05) is 11.2 Å². The summed E-state index contributed by atoms with van der Waals surface area (Å²) in [6.45, 7) is 5.75. The molecule has 0 saturated carbocycles. The summed E-state index contributed by atoms with van der Waals surface area (Å²) in [6.07, 6.45) is 6.37. The first-order chi connectivity index (χ1) is 24.1. The number of carbonyl (C=O) groups excluding carboxylic acids is 1. The van der Waals surface area contributed by atoms with Gasteiger partial charge in [0.05, 0.1) is 41.9 Å². The maximum absolute atomic E-state index is 13.1. The molecule has 3 N–H and O–H groups in total. The molecule has 4 atom stereocenters. The number of rotatable bonds is 8. The molecule has 1 amide bonds. The van der Waals surface area contributed by atoms with Crippen molar-refractivity contribution < 1.29 is 23.5 Å². The number of carbonyl (C=O) groups is 1. The molecule has 0 radical (unpaired) electrons. The van der Waals surface area contributed by atoms with Gasteiger partial charge in [0.25, 0.3) is 5.91 Å². The number of aromatic nitrogens is 5. The topological polar surface area (TPSA) is 179 Å². The first-order valence-electron chi connectivity index (χ1n) is 17.2. The molecular formula is C36H41N9O5. The summed E-state index contributed by atoms with van der Waals surface area (Å²) in [5.74, 6) is 1.51.